The molecule has 0 aliphatic heterocycles. The van der Waals surface area contributed by atoms with Crippen molar-refractivity contribution in [3.63, 3.8) is 0 Å². The molecule has 0 fully saturated rings. The van der Waals surface area contributed by atoms with Crippen LogP contribution in [0.15, 0.2) is 0 Å². The molecule has 0 bridgehead atoms. The van der Waals surface area contributed by atoms with Crippen molar-refractivity contribution in [1.82, 2.24) is 15.0 Å². The molecule has 60 valence electrons. The fourth-order valence-corrected chi connectivity index (χ4v) is 0.801. The summed E-state index contributed by atoms with van der Waals surface area (Å²) in [6.45, 7) is 2.35. The van der Waals surface area contributed by atoms with Crippen molar-refractivity contribution in [2.24, 2.45) is 5.73 Å². The highest BCUT2D eigenvalue weighted by molar-refractivity contribution is 5.95. The standard InChI is InChI=1S/C5H9N5O/c1-2-10-3(5(7)11)4(6)8-9-10/h2,6H2,1H3,(H2,7,11). The van der Waals surface area contributed by atoms with Crippen LogP contribution in [0.4, 0.5) is 5.82 Å². The first kappa shape index (κ1) is 7.52. The third-order valence-corrected chi connectivity index (χ3v) is 1.29. The molecule has 1 aromatic heterocycles. The molecule has 0 saturated carbocycles. The minimum absolute atomic E-state index is 0.0827. The summed E-state index contributed by atoms with van der Waals surface area (Å²) in [5, 5.41) is 7.09. The molecule has 1 amide bonds. The lowest BCUT2D eigenvalue weighted by Crippen LogP contribution is -2.18. The molecule has 1 aromatic rings. The zero-order chi connectivity index (χ0) is 8.43. The van der Waals surface area contributed by atoms with Gasteiger partial charge in [0.25, 0.3) is 5.91 Å². The molecule has 1 rings (SSSR count). The second-order valence-electron chi connectivity index (χ2n) is 2.00. The maximum Gasteiger partial charge on any atom is 0.270 e. The van der Waals surface area contributed by atoms with E-state index in [0.717, 1.165) is 0 Å². The molecule has 11 heavy (non-hydrogen) atoms. The van der Waals surface area contributed by atoms with E-state index in [4.69, 9.17) is 11.5 Å². The number of anilines is 1. The van der Waals surface area contributed by atoms with E-state index in [1.165, 1.54) is 4.68 Å². The van der Waals surface area contributed by atoms with Gasteiger partial charge in [0, 0.05) is 6.54 Å². The predicted octanol–water partition coefficient (Wildman–Crippen LogP) is -1.02. The summed E-state index contributed by atoms with van der Waals surface area (Å²) in [4.78, 5) is 10.7. The summed E-state index contributed by atoms with van der Waals surface area (Å²) in [7, 11) is 0. The fourth-order valence-electron chi connectivity index (χ4n) is 0.801. The van der Waals surface area contributed by atoms with Crippen molar-refractivity contribution in [1.29, 1.82) is 0 Å². The Morgan fingerprint density at radius 1 is 1.73 bits per heavy atom. The Labute approximate surface area is 63.2 Å². The van der Waals surface area contributed by atoms with Crippen molar-refractivity contribution in [2.45, 2.75) is 13.5 Å². The van der Waals surface area contributed by atoms with E-state index in [-0.39, 0.29) is 11.5 Å². The van der Waals surface area contributed by atoms with Crippen LogP contribution in [-0.4, -0.2) is 20.9 Å². The molecule has 6 nitrogen and oxygen atoms in total. The van der Waals surface area contributed by atoms with Crippen LogP contribution in [0.5, 0.6) is 0 Å². The fraction of sp³-hybridized carbons (Fsp3) is 0.400. The van der Waals surface area contributed by atoms with Gasteiger partial charge < -0.3 is 11.5 Å². The Bertz CT molecular complexity index is 278. The highest BCUT2D eigenvalue weighted by atomic mass is 16.1. The quantitative estimate of drug-likeness (QED) is 0.570. The SMILES string of the molecule is CCn1nnc(N)c1C(N)=O. The Morgan fingerprint density at radius 3 is 2.73 bits per heavy atom. The average Bonchev–Trinajstić information content (AvgIpc) is 2.30. The zero-order valence-corrected chi connectivity index (χ0v) is 6.11. The Balaban J connectivity index is 3.17. The third kappa shape index (κ3) is 1.14. The van der Waals surface area contributed by atoms with E-state index in [1.807, 2.05) is 6.92 Å². The van der Waals surface area contributed by atoms with Crippen LogP contribution in [0.3, 0.4) is 0 Å². The van der Waals surface area contributed by atoms with Crippen LogP contribution < -0.4 is 11.5 Å². The van der Waals surface area contributed by atoms with Gasteiger partial charge in [-0.15, -0.1) is 5.10 Å². The van der Waals surface area contributed by atoms with Crippen LogP contribution in [0.1, 0.15) is 17.4 Å². The Morgan fingerprint density at radius 2 is 2.36 bits per heavy atom. The average molecular weight is 155 g/mol. The number of carbonyl (C=O) groups is 1. The highest BCUT2D eigenvalue weighted by Crippen LogP contribution is 2.04. The van der Waals surface area contributed by atoms with Crippen molar-refractivity contribution in [2.75, 3.05) is 5.73 Å². The smallest absolute Gasteiger partial charge is 0.270 e. The van der Waals surface area contributed by atoms with Gasteiger partial charge in [0.2, 0.25) is 0 Å². The lowest BCUT2D eigenvalue weighted by molar-refractivity contribution is 0.0991. The molecule has 6 heteroatoms. The molecular weight excluding hydrogens is 146 g/mol. The number of primary amides is 1. The molecule has 0 aliphatic carbocycles. The Kier molecular flexibility index (Phi) is 1.75. The number of nitrogen functional groups attached to an aromatic ring is 1. The second-order valence-corrected chi connectivity index (χ2v) is 2.00. The highest BCUT2D eigenvalue weighted by Gasteiger charge is 2.13. The summed E-state index contributed by atoms with van der Waals surface area (Å²) in [5.41, 5.74) is 10.5. The Hall–Kier alpha value is -1.59. The third-order valence-electron chi connectivity index (χ3n) is 1.29. The van der Waals surface area contributed by atoms with Crippen LogP contribution >= 0.6 is 0 Å². The van der Waals surface area contributed by atoms with Crippen molar-refractivity contribution in [3.05, 3.63) is 5.69 Å². The molecule has 0 saturated heterocycles. The minimum atomic E-state index is -0.602. The molecule has 4 N–H and O–H groups in total. The van der Waals surface area contributed by atoms with Gasteiger partial charge in [-0.05, 0) is 6.92 Å². The largest absolute Gasteiger partial charge is 0.380 e. The maximum absolute atomic E-state index is 10.7. The first-order valence-corrected chi connectivity index (χ1v) is 3.15. The van der Waals surface area contributed by atoms with Crippen molar-refractivity contribution >= 4 is 11.7 Å². The van der Waals surface area contributed by atoms with Crippen LogP contribution in [0, 0.1) is 0 Å². The number of nitrogens with zero attached hydrogens (tertiary/aromatic N) is 3. The number of amides is 1. The monoisotopic (exact) mass is 155 g/mol. The molecule has 0 spiro atoms. The summed E-state index contributed by atoms with van der Waals surface area (Å²) in [6.07, 6.45) is 0. The first-order chi connectivity index (χ1) is 5.16. The van der Waals surface area contributed by atoms with Gasteiger partial charge in [0.1, 0.15) is 0 Å². The molecule has 0 radical (unpaired) electrons. The number of carbonyl (C=O) groups excluding carboxylic acids is 1. The number of hydrogen-bond acceptors (Lipinski definition) is 4. The van der Waals surface area contributed by atoms with E-state index in [0.29, 0.717) is 6.54 Å². The van der Waals surface area contributed by atoms with Crippen LogP contribution in [-0.2, 0) is 6.54 Å². The lowest BCUT2D eigenvalue weighted by atomic mass is 10.4. The lowest BCUT2D eigenvalue weighted by Gasteiger charge is -1.97. The van der Waals surface area contributed by atoms with E-state index in [1.54, 1.807) is 0 Å². The van der Waals surface area contributed by atoms with Gasteiger partial charge >= 0.3 is 0 Å². The van der Waals surface area contributed by atoms with Gasteiger partial charge in [0.05, 0.1) is 0 Å². The summed E-state index contributed by atoms with van der Waals surface area (Å²) in [6, 6.07) is 0. The normalized spacial score (nSPS) is 9.91. The summed E-state index contributed by atoms with van der Waals surface area (Å²) < 4.78 is 1.36. The minimum Gasteiger partial charge on any atom is -0.380 e. The van der Waals surface area contributed by atoms with Gasteiger partial charge in [-0.2, -0.15) is 0 Å². The summed E-state index contributed by atoms with van der Waals surface area (Å²) >= 11 is 0. The van der Waals surface area contributed by atoms with Gasteiger partial charge in [-0.1, -0.05) is 5.21 Å². The van der Waals surface area contributed by atoms with Crippen molar-refractivity contribution < 1.29 is 4.79 Å². The number of rotatable bonds is 2. The van der Waals surface area contributed by atoms with Crippen molar-refractivity contribution in [3.8, 4) is 0 Å². The van der Waals surface area contributed by atoms with E-state index >= 15 is 0 Å². The van der Waals surface area contributed by atoms with Gasteiger partial charge in [-0.25, -0.2) is 4.68 Å². The van der Waals surface area contributed by atoms with Crippen LogP contribution in [0.2, 0.25) is 0 Å². The number of nitrogens with two attached hydrogens (primary N) is 2. The topological polar surface area (TPSA) is 99.8 Å². The second kappa shape index (κ2) is 2.57. The molecule has 0 aliphatic rings. The number of aromatic nitrogens is 3. The number of hydrogen-bond donors (Lipinski definition) is 2. The van der Waals surface area contributed by atoms with E-state index in [2.05, 4.69) is 10.3 Å². The van der Waals surface area contributed by atoms with E-state index in [9.17, 15) is 4.79 Å². The maximum atomic E-state index is 10.7. The zero-order valence-electron chi connectivity index (χ0n) is 6.11. The molecule has 1 heterocycles. The first-order valence-electron chi connectivity index (χ1n) is 3.15. The molecular formula is C5H9N5O. The predicted molar refractivity (Wildman–Crippen MR) is 38.6 cm³/mol. The molecule has 0 aromatic carbocycles. The van der Waals surface area contributed by atoms with E-state index < -0.39 is 5.91 Å². The number of aryl methyl sites for hydroxylation is 1. The van der Waals surface area contributed by atoms with Crippen LogP contribution in [0.25, 0.3) is 0 Å². The summed E-state index contributed by atoms with van der Waals surface area (Å²) in [5.74, 6) is -0.520. The molecule has 0 atom stereocenters. The molecule has 0 unspecified atom stereocenters. The van der Waals surface area contributed by atoms with Gasteiger partial charge in [0.15, 0.2) is 11.5 Å². The van der Waals surface area contributed by atoms with Gasteiger partial charge in [-0.3, -0.25) is 4.79 Å².